The molecular formula is C20H17Cl2F3N6O. The van der Waals surface area contributed by atoms with Crippen LogP contribution in [0.4, 0.5) is 18.9 Å². The minimum atomic E-state index is -4.82. The molecule has 1 unspecified atom stereocenters. The fraction of sp³-hybridized carbons (Fsp3) is 0.250. The molecule has 32 heavy (non-hydrogen) atoms. The highest BCUT2D eigenvalue weighted by Crippen LogP contribution is 2.27. The highest BCUT2D eigenvalue weighted by molar-refractivity contribution is 6.42. The van der Waals surface area contributed by atoms with E-state index in [0.29, 0.717) is 28.8 Å². The lowest BCUT2D eigenvalue weighted by Crippen LogP contribution is -2.41. The second-order valence-electron chi connectivity index (χ2n) is 6.54. The fourth-order valence-corrected chi connectivity index (χ4v) is 3.35. The van der Waals surface area contributed by atoms with Crippen molar-refractivity contribution in [2.24, 2.45) is 10.1 Å². The van der Waals surface area contributed by atoms with Crippen molar-refractivity contribution in [2.75, 3.05) is 18.4 Å². The van der Waals surface area contributed by atoms with Gasteiger partial charge in [0.15, 0.2) is 0 Å². The van der Waals surface area contributed by atoms with Gasteiger partial charge in [0.1, 0.15) is 5.75 Å². The first kappa shape index (κ1) is 23.7. The van der Waals surface area contributed by atoms with Crippen molar-refractivity contribution < 1.29 is 17.9 Å². The third-order valence-electron chi connectivity index (χ3n) is 4.30. The molecule has 0 fully saturated rings. The lowest BCUT2D eigenvalue weighted by atomic mass is 10.0. The molecule has 0 radical (unpaired) electrons. The van der Waals surface area contributed by atoms with Gasteiger partial charge in [-0.15, -0.1) is 18.2 Å². The maximum absolute atomic E-state index is 12.5. The van der Waals surface area contributed by atoms with Crippen molar-refractivity contribution in [3.05, 3.63) is 58.1 Å². The van der Waals surface area contributed by atoms with Crippen molar-refractivity contribution >= 4 is 40.6 Å². The van der Waals surface area contributed by atoms with Gasteiger partial charge in [-0.1, -0.05) is 42.3 Å². The predicted molar refractivity (Wildman–Crippen MR) is 117 cm³/mol. The van der Waals surface area contributed by atoms with E-state index >= 15 is 0 Å². The molecule has 0 bridgehead atoms. The van der Waals surface area contributed by atoms with E-state index < -0.39 is 12.1 Å². The van der Waals surface area contributed by atoms with Gasteiger partial charge in [-0.25, -0.2) is 5.01 Å². The average Bonchev–Trinajstić information content (AvgIpc) is 3.13. The first-order valence-corrected chi connectivity index (χ1v) is 10.1. The lowest BCUT2D eigenvalue weighted by Gasteiger charge is -2.19. The van der Waals surface area contributed by atoms with E-state index in [4.69, 9.17) is 28.5 Å². The average molecular weight is 485 g/mol. The minimum Gasteiger partial charge on any atom is -0.406 e. The van der Waals surface area contributed by atoms with Crippen LogP contribution >= 0.6 is 23.2 Å². The van der Waals surface area contributed by atoms with Gasteiger partial charge >= 0.3 is 6.36 Å². The number of benzene rings is 2. The maximum atomic E-state index is 12.5. The van der Waals surface area contributed by atoms with Crippen LogP contribution in [0, 0.1) is 11.5 Å². The molecule has 0 aromatic heterocycles. The molecule has 1 aliphatic rings. The Labute approximate surface area is 192 Å². The molecule has 1 heterocycles. The SMILES string of the molecule is CCNC1CN(/C(=N\C#N)Nc2cccc(OC(F)(F)F)c2)N=C1c1ccc(Cl)c(Cl)c1. The highest BCUT2D eigenvalue weighted by atomic mass is 35.5. The summed E-state index contributed by atoms with van der Waals surface area (Å²) >= 11 is 12.1. The van der Waals surface area contributed by atoms with Crippen LogP contribution < -0.4 is 15.4 Å². The van der Waals surface area contributed by atoms with Crippen LogP contribution in [-0.2, 0) is 0 Å². The van der Waals surface area contributed by atoms with Crippen LogP contribution in [0.15, 0.2) is 52.6 Å². The van der Waals surface area contributed by atoms with Crippen molar-refractivity contribution in [3.63, 3.8) is 0 Å². The van der Waals surface area contributed by atoms with E-state index in [-0.39, 0.29) is 17.7 Å². The number of nitrogens with zero attached hydrogens (tertiary/aromatic N) is 4. The number of nitriles is 1. The first-order valence-electron chi connectivity index (χ1n) is 9.34. The molecule has 0 aliphatic carbocycles. The second kappa shape index (κ2) is 10.1. The summed E-state index contributed by atoms with van der Waals surface area (Å²) in [6, 6.07) is 10.1. The quantitative estimate of drug-likeness (QED) is 0.360. The number of nitrogens with one attached hydrogen (secondary N) is 2. The molecule has 0 saturated heterocycles. The molecule has 0 spiro atoms. The van der Waals surface area contributed by atoms with E-state index in [1.54, 1.807) is 24.4 Å². The van der Waals surface area contributed by atoms with Gasteiger partial charge in [0, 0.05) is 17.3 Å². The molecule has 2 aromatic carbocycles. The van der Waals surface area contributed by atoms with Crippen molar-refractivity contribution in [1.82, 2.24) is 10.3 Å². The van der Waals surface area contributed by atoms with Gasteiger partial charge in [-0.05, 0) is 30.8 Å². The van der Waals surface area contributed by atoms with Crippen LogP contribution in [0.3, 0.4) is 0 Å². The van der Waals surface area contributed by atoms with Crippen molar-refractivity contribution in [3.8, 4) is 11.9 Å². The number of anilines is 1. The summed E-state index contributed by atoms with van der Waals surface area (Å²) < 4.78 is 41.5. The Morgan fingerprint density at radius 1 is 1.28 bits per heavy atom. The lowest BCUT2D eigenvalue weighted by molar-refractivity contribution is -0.274. The van der Waals surface area contributed by atoms with E-state index in [2.05, 4.69) is 25.5 Å². The molecule has 0 saturated carbocycles. The van der Waals surface area contributed by atoms with Crippen LogP contribution in [0.5, 0.6) is 5.75 Å². The van der Waals surface area contributed by atoms with E-state index in [1.165, 1.54) is 17.1 Å². The zero-order valence-corrected chi connectivity index (χ0v) is 18.1. The number of guanidine groups is 1. The molecule has 0 amide bonds. The topological polar surface area (TPSA) is 85.0 Å². The molecule has 2 N–H and O–H groups in total. The van der Waals surface area contributed by atoms with Crippen molar-refractivity contribution in [1.29, 1.82) is 5.26 Å². The second-order valence-corrected chi connectivity index (χ2v) is 7.36. The van der Waals surface area contributed by atoms with E-state index in [1.807, 2.05) is 6.92 Å². The first-order chi connectivity index (χ1) is 15.2. The van der Waals surface area contributed by atoms with E-state index in [9.17, 15) is 13.2 Å². The number of ether oxygens (including phenoxy) is 1. The Morgan fingerprint density at radius 3 is 2.72 bits per heavy atom. The number of hydrazone groups is 1. The van der Waals surface area contributed by atoms with Gasteiger partial charge in [0.25, 0.3) is 0 Å². The van der Waals surface area contributed by atoms with Crippen LogP contribution in [0.1, 0.15) is 12.5 Å². The molecule has 12 heteroatoms. The maximum Gasteiger partial charge on any atom is 0.573 e. The standard InChI is InChI=1S/C20H17Cl2F3N6O/c1-2-27-17-10-31(30-18(17)12-6-7-15(21)16(22)8-12)19(28-11-26)29-13-4-3-5-14(9-13)32-20(23,24)25/h3-9,17,27H,2,10H2,1H3,(H,28,29). The molecular weight excluding hydrogens is 468 g/mol. The molecule has 2 aromatic rings. The summed E-state index contributed by atoms with van der Waals surface area (Å²) in [6.45, 7) is 2.90. The summed E-state index contributed by atoms with van der Waals surface area (Å²) in [5, 5.41) is 22.0. The normalized spacial score (nSPS) is 16.5. The Kier molecular flexibility index (Phi) is 7.45. The number of halogens is 5. The van der Waals surface area contributed by atoms with Crippen LogP contribution in [0.25, 0.3) is 0 Å². The third kappa shape index (κ3) is 6.03. The molecule has 3 rings (SSSR count). The Morgan fingerprint density at radius 2 is 2.06 bits per heavy atom. The Balaban J connectivity index is 1.89. The van der Waals surface area contributed by atoms with Gasteiger partial charge < -0.3 is 15.4 Å². The summed E-state index contributed by atoms with van der Waals surface area (Å²) in [6.07, 6.45) is -3.14. The van der Waals surface area contributed by atoms with Crippen molar-refractivity contribution in [2.45, 2.75) is 19.3 Å². The number of alkyl halides is 3. The summed E-state index contributed by atoms with van der Waals surface area (Å²) in [5.41, 5.74) is 1.61. The predicted octanol–water partition coefficient (Wildman–Crippen LogP) is 4.84. The summed E-state index contributed by atoms with van der Waals surface area (Å²) in [4.78, 5) is 3.75. The monoisotopic (exact) mass is 484 g/mol. The highest BCUT2D eigenvalue weighted by Gasteiger charge is 2.32. The molecule has 1 atom stereocenters. The molecule has 168 valence electrons. The minimum absolute atomic E-state index is 0.0367. The third-order valence-corrected chi connectivity index (χ3v) is 5.04. The Hall–Kier alpha value is -3.00. The number of likely N-dealkylation sites (N-methyl/N-ethyl adjacent to an activating group) is 1. The van der Waals surface area contributed by atoms with Gasteiger partial charge in [0.05, 0.1) is 28.3 Å². The van der Waals surface area contributed by atoms with Gasteiger partial charge in [-0.3, -0.25) is 0 Å². The zero-order chi connectivity index (χ0) is 23.3. The number of aliphatic imine (C=N–C) groups is 1. The molecule has 1 aliphatic heterocycles. The fourth-order valence-electron chi connectivity index (χ4n) is 3.05. The number of hydrogen-bond acceptors (Lipinski definition) is 5. The molecule has 7 nitrogen and oxygen atoms in total. The smallest absolute Gasteiger partial charge is 0.406 e. The van der Waals surface area contributed by atoms with Gasteiger partial charge in [-0.2, -0.15) is 10.4 Å². The number of rotatable bonds is 5. The summed E-state index contributed by atoms with van der Waals surface area (Å²) in [7, 11) is 0. The largest absolute Gasteiger partial charge is 0.573 e. The Bertz CT molecular complexity index is 1080. The van der Waals surface area contributed by atoms with E-state index in [0.717, 1.165) is 17.7 Å². The zero-order valence-electron chi connectivity index (χ0n) is 16.6. The van der Waals surface area contributed by atoms with Gasteiger partial charge in [0.2, 0.25) is 12.2 Å². The number of hydrogen-bond donors (Lipinski definition) is 2. The summed E-state index contributed by atoms with van der Waals surface area (Å²) in [5.74, 6) is -0.375. The van der Waals surface area contributed by atoms with Crippen LogP contribution in [0.2, 0.25) is 10.0 Å². The van der Waals surface area contributed by atoms with Crippen LogP contribution in [-0.4, -0.2) is 42.2 Å².